The van der Waals surface area contributed by atoms with Crippen molar-refractivity contribution in [1.29, 1.82) is 0 Å². The Morgan fingerprint density at radius 3 is 2.09 bits per heavy atom. The average molecular weight is 605 g/mol. The SMILES string of the molecule is CC(C)CC1(NC(=O)[C@H](Cc2ccccc2)NC(=O)c2cnccn2)C2CCCCCCCCCCCCCCC21B(O)O. The van der Waals surface area contributed by atoms with Gasteiger partial charge in [-0.15, -0.1) is 0 Å². The Bertz CT molecular complexity index is 1170. The number of aromatic nitrogens is 2. The van der Waals surface area contributed by atoms with Crippen LogP contribution in [0.15, 0.2) is 48.9 Å². The normalized spacial score (nSPS) is 25.8. The quantitative estimate of drug-likeness (QED) is 0.259. The number of amides is 2. The second kappa shape index (κ2) is 16.5. The smallest absolute Gasteiger partial charge is 0.427 e. The van der Waals surface area contributed by atoms with E-state index in [1.165, 1.54) is 63.5 Å². The van der Waals surface area contributed by atoms with Crippen LogP contribution in [0.4, 0.5) is 0 Å². The molecule has 1 heterocycles. The summed E-state index contributed by atoms with van der Waals surface area (Å²) in [5, 5.41) is 27.7. The summed E-state index contributed by atoms with van der Waals surface area (Å²) >= 11 is 0. The first-order chi connectivity index (χ1) is 21.3. The number of hydrogen-bond acceptors (Lipinski definition) is 6. The minimum absolute atomic E-state index is 0.0395. The Kier molecular flexibility index (Phi) is 12.8. The van der Waals surface area contributed by atoms with Gasteiger partial charge in [0.25, 0.3) is 5.91 Å². The lowest BCUT2D eigenvalue weighted by Gasteiger charge is -2.30. The molecule has 2 amide bonds. The van der Waals surface area contributed by atoms with Crippen molar-refractivity contribution in [2.24, 2.45) is 11.8 Å². The van der Waals surface area contributed by atoms with E-state index in [4.69, 9.17) is 0 Å². The van der Waals surface area contributed by atoms with Gasteiger partial charge >= 0.3 is 7.12 Å². The molecule has 3 unspecified atom stereocenters. The third kappa shape index (κ3) is 8.48. The fraction of sp³-hybridized carbons (Fsp3) is 0.657. The van der Waals surface area contributed by atoms with Gasteiger partial charge in [0.2, 0.25) is 5.91 Å². The van der Waals surface area contributed by atoms with E-state index < -0.39 is 29.9 Å². The zero-order valence-electron chi connectivity index (χ0n) is 26.8. The molecule has 0 radical (unpaired) electrons. The molecule has 0 saturated heterocycles. The number of carbonyl (C=O) groups excluding carboxylic acids is 2. The minimum Gasteiger partial charge on any atom is -0.427 e. The van der Waals surface area contributed by atoms with E-state index in [-0.39, 0.29) is 23.4 Å². The second-order valence-electron chi connectivity index (χ2n) is 13.6. The number of nitrogens with one attached hydrogen (secondary N) is 2. The van der Waals surface area contributed by atoms with E-state index >= 15 is 0 Å². The van der Waals surface area contributed by atoms with Crippen molar-refractivity contribution in [3.63, 3.8) is 0 Å². The standard InChI is InChI=1S/C35H53BN4O4/c1-27(2)25-35(31-20-16-11-9-7-5-3-4-6-8-10-12-17-21-34(31,35)36(43)44)40-33(42)29(24-28-18-14-13-15-19-28)39-32(41)30-26-37-22-23-38-30/h13-15,18-19,22-23,26-27,29,31,43-44H,3-12,16-17,20-21,24-25H2,1-2H3,(H,39,41)(H,40,42)/t29-,31?,34?,35?/m0/s1. The third-order valence-electron chi connectivity index (χ3n) is 10.0. The highest BCUT2D eigenvalue weighted by molar-refractivity contribution is 6.48. The Morgan fingerprint density at radius 2 is 1.52 bits per heavy atom. The molecule has 240 valence electrons. The van der Waals surface area contributed by atoms with Gasteiger partial charge in [0, 0.05) is 29.7 Å². The summed E-state index contributed by atoms with van der Waals surface area (Å²) in [4.78, 5) is 35.6. The second-order valence-corrected chi connectivity index (χ2v) is 13.6. The van der Waals surface area contributed by atoms with Crippen LogP contribution in [0, 0.1) is 11.8 Å². The van der Waals surface area contributed by atoms with E-state index in [2.05, 4.69) is 34.4 Å². The molecule has 0 bridgehead atoms. The fourth-order valence-corrected chi connectivity index (χ4v) is 7.94. The van der Waals surface area contributed by atoms with Crippen LogP contribution in [0.25, 0.3) is 0 Å². The maximum Gasteiger partial charge on any atom is 0.460 e. The third-order valence-corrected chi connectivity index (χ3v) is 10.0. The molecule has 2 saturated carbocycles. The van der Waals surface area contributed by atoms with Crippen LogP contribution < -0.4 is 10.6 Å². The van der Waals surface area contributed by atoms with Crippen LogP contribution in [-0.2, 0) is 11.2 Å². The minimum atomic E-state index is -1.54. The molecule has 4 atom stereocenters. The summed E-state index contributed by atoms with van der Waals surface area (Å²) in [6.07, 6.45) is 20.9. The van der Waals surface area contributed by atoms with Gasteiger partial charge in [0.05, 0.1) is 6.20 Å². The first kappa shape index (κ1) is 34.1. The van der Waals surface area contributed by atoms with E-state index in [1.807, 2.05) is 30.3 Å². The molecule has 4 rings (SSSR count). The van der Waals surface area contributed by atoms with E-state index in [0.29, 0.717) is 19.3 Å². The molecule has 2 fully saturated rings. The molecule has 2 aliphatic carbocycles. The Morgan fingerprint density at radius 1 is 0.909 bits per heavy atom. The summed E-state index contributed by atoms with van der Waals surface area (Å²) in [5.74, 6) is -0.577. The number of rotatable bonds is 9. The van der Waals surface area contributed by atoms with E-state index in [9.17, 15) is 19.6 Å². The van der Waals surface area contributed by atoms with Gasteiger partial charge in [-0.3, -0.25) is 14.6 Å². The molecular weight excluding hydrogens is 551 g/mol. The Balaban J connectivity index is 1.62. The maximum atomic E-state index is 14.3. The average Bonchev–Trinajstić information content (AvgIpc) is 3.54. The number of carbonyl (C=O) groups is 2. The predicted molar refractivity (Wildman–Crippen MR) is 175 cm³/mol. The molecule has 2 aliphatic rings. The Labute approximate surface area is 264 Å². The van der Waals surface area contributed by atoms with Crippen LogP contribution in [0.2, 0.25) is 5.31 Å². The lowest BCUT2D eigenvalue weighted by atomic mass is 9.61. The molecule has 4 N–H and O–H groups in total. The number of nitrogens with zero attached hydrogens (tertiary/aromatic N) is 2. The number of fused-ring (bicyclic) bond motifs is 1. The molecule has 0 spiro atoms. The van der Waals surface area contributed by atoms with Gasteiger partial charge in [-0.1, -0.05) is 121 Å². The van der Waals surface area contributed by atoms with Crippen molar-refractivity contribution in [3.8, 4) is 0 Å². The van der Waals surface area contributed by atoms with Crippen molar-refractivity contribution in [3.05, 3.63) is 60.2 Å². The highest BCUT2D eigenvalue weighted by atomic mass is 16.4. The molecule has 2 aromatic rings. The molecule has 1 aromatic carbocycles. The first-order valence-corrected chi connectivity index (χ1v) is 17.1. The largest absolute Gasteiger partial charge is 0.460 e. The zero-order chi connectivity index (χ0) is 31.4. The van der Waals surface area contributed by atoms with Gasteiger partial charge in [0.1, 0.15) is 11.7 Å². The fourth-order valence-electron chi connectivity index (χ4n) is 7.94. The first-order valence-electron chi connectivity index (χ1n) is 17.1. The van der Waals surface area contributed by atoms with E-state index in [0.717, 1.165) is 44.1 Å². The van der Waals surface area contributed by atoms with Crippen LogP contribution >= 0.6 is 0 Å². The lowest BCUT2D eigenvalue weighted by molar-refractivity contribution is -0.124. The topological polar surface area (TPSA) is 124 Å². The van der Waals surface area contributed by atoms with Crippen LogP contribution in [0.5, 0.6) is 0 Å². The molecule has 0 aliphatic heterocycles. The summed E-state index contributed by atoms with van der Waals surface area (Å²) in [6, 6.07) is 8.77. The van der Waals surface area contributed by atoms with Crippen LogP contribution in [-0.4, -0.2) is 50.5 Å². The molecule has 8 nitrogen and oxygen atoms in total. The van der Waals surface area contributed by atoms with Gasteiger partial charge in [-0.25, -0.2) is 4.98 Å². The Hall–Kier alpha value is -2.78. The van der Waals surface area contributed by atoms with Gasteiger partial charge < -0.3 is 20.7 Å². The molecular formula is C35H53BN4O4. The predicted octanol–water partition coefficient (Wildman–Crippen LogP) is 6.04. The highest BCUT2D eigenvalue weighted by Gasteiger charge is 2.80. The summed E-state index contributed by atoms with van der Waals surface area (Å²) in [5.41, 5.74) is 0.305. The monoisotopic (exact) mass is 604 g/mol. The highest BCUT2D eigenvalue weighted by Crippen LogP contribution is 2.75. The lowest BCUT2D eigenvalue weighted by Crippen LogP contribution is -2.54. The van der Waals surface area contributed by atoms with Gasteiger partial charge in [-0.2, -0.15) is 0 Å². The number of hydrogen-bond donors (Lipinski definition) is 4. The summed E-state index contributed by atoms with van der Waals surface area (Å²) < 4.78 is 0. The van der Waals surface area contributed by atoms with Gasteiger partial charge in [-0.05, 0) is 36.7 Å². The maximum absolute atomic E-state index is 14.3. The molecule has 9 heteroatoms. The van der Waals surface area contributed by atoms with Crippen molar-refractivity contribution in [1.82, 2.24) is 20.6 Å². The molecule has 1 aromatic heterocycles. The van der Waals surface area contributed by atoms with Crippen LogP contribution in [0.1, 0.15) is 126 Å². The summed E-state index contributed by atoms with van der Waals surface area (Å²) in [6.45, 7) is 4.26. The number of benzene rings is 1. The van der Waals surface area contributed by atoms with Crippen molar-refractivity contribution < 1.29 is 19.6 Å². The molecule has 44 heavy (non-hydrogen) atoms. The zero-order valence-corrected chi connectivity index (χ0v) is 26.8. The van der Waals surface area contributed by atoms with Gasteiger partial charge in [0.15, 0.2) is 0 Å². The van der Waals surface area contributed by atoms with E-state index in [1.54, 1.807) is 0 Å². The van der Waals surface area contributed by atoms with Crippen LogP contribution in [0.3, 0.4) is 0 Å². The van der Waals surface area contributed by atoms with Crippen molar-refractivity contribution in [2.75, 3.05) is 0 Å². The summed E-state index contributed by atoms with van der Waals surface area (Å²) in [7, 11) is -1.54. The van der Waals surface area contributed by atoms with Crippen molar-refractivity contribution in [2.45, 2.75) is 133 Å². The van der Waals surface area contributed by atoms with Crippen molar-refractivity contribution >= 4 is 18.9 Å².